The first-order valence-corrected chi connectivity index (χ1v) is 12.2. The maximum atomic E-state index is 6.82. The number of fused-ring (bicyclic) bond motifs is 2. The molecule has 0 amide bonds. The van der Waals surface area contributed by atoms with Gasteiger partial charge in [0.25, 0.3) is 0 Å². The lowest BCUT2D eigenvalue weighted by atomic mass is 10.0. The van der Waals surface area contributed by atoms with E-state index in [1.165, 1.54) is 0 Å². The van der Waals surface area contributed by atoms with Crippen molar-refractivity contribution in [2.75, 3.05) is 46.0 Å². The average molecular weight is 495 g/mol. The van der Waals surface area contributed by atoms with Crippen LogP contribution in [0.1, 0.15) is 18.4 Å². The summed E-state index contributed by atoms with van der Waals surface area (Å²) in [5.41, 5.74) is 5.05. The van der Waals surface area contributed by atoms with E-state index in [0.29, 0.717) is 28.2 Å². The number of aryl methyl sites for hydroxylation is 2. The molecule has 0 unspecified atom stereocenters. The molecule has 1 aromatic carbocycles. The summed E-state index contributed by atoms with van der Waals surface area (Å²) >= 11 is 6.82. The number of nitrogens with zero attached hydrogens (tertiary/aromatic N) is 6. The molecule has 0 atom stereocenters. The summed E-state index contributed by atoms with van der Waals surface area (Å²) in [6.07, 6.45) is 6.16. The quantitative estimate of drug-likeness (QED) is 0.361. The van der Waals surface area contributed by atoms with Crippen molar-refractivity contribution >= 4 is 39.2 Å². The van der Waals surface area contributed by atoms with Crippen LogP contribution < -0.4 is 9.64 Å². The monoisotopic (exact) mass is 494 g/mol. The minimum Gasteiger partial charge on any atom is -0.466 e. The highest BCUT2D eigenvalue weighted by atomic mass is 35.5. The SMILES string of the molecule is COCOc1c(-c2cc(Cl)c3cc(N4CCC(N(C)C)CC4)cnc3n2)cc2cn(C)nc2c1C. The molecule has 0 spiro atoms. The zero-order chi connectivity index (χ0) is 24.7. The molecule has 0 N–H and O–H groups in total. The van der Waals surface area contributed by atoms with Crippen molar-refractivity contribution < 1.29 is 9.47 Å². The number of anilines is 1. The van der Waals surface area contributed by atoms with Gasteiger partial charge in [0, 0.05) is 61.4 Å². The predicted octanol–water partition coefficient (Wildman–Crippen LogP) is 4.66. The first kappa shape index (κ1) is 23.8. The number of methoxy groups -OCH3 is 1. The summed E-state index contributed by atoms with van der Waals surface area (Å²) in [4.78, 5) is 14.3. The zero-order valence-electron chi connectivity index (χ0n) is 20.9. The molecule has 35 heavy (non-hydrogen) atoms. The number of piperidine rings is 1. The Morgan fingerprint density at radius 1 is 1.17 bits per heavy atom. The van der Waals surface area contributed by atoms with Crippen molar-refractivity contribution in [3.05, 3.63) is 41.2 Å². The minimum atomic E-state index is 0.125. The Labute approximate surface area is 210 Å². The fourth-order valence-electron chi connectivity index (χ4n) is 4.94. The topological polar surface area (TPSA) is 68.5 Å². The third-order valence-electron chi connectivity index (χ3n) is 6.85. The molecule has 184 valence electrons. The largest absolute Gasteiger partial charge is 0.466 e. The Bertz CT molecular complexity index is 1380. The molecule has 0 bridgehead atoms. The van der Waals surface area contributed by atoms with E-state index >= 15 is 0 Å². The molecule has 5 rings (SSSR count). The van der Waals surface area contributed by atoms with E-state index in [1.807, 2.05) is 38.5 Å². The van der Waals surface area contributed by atoms with Crippen molar-refractivity contribution in [3.8, 4) is 17.0 Å². The molecular formula is C26H31ClN6O2. The highest BCUT2D eigenvalue weighted by Gasteiger charge is 2.22. The third-order valence-corrected chi connectivity index (χ3v) is 7.17. The number of ether oxygens (including phenoxy) is 2. The Morgan fingerprint density at radius 3 is 2.66 bits per heavy atom. The number of pyridine rings is 2. The average Bonchev–Trinajstić information content (AvgIpc) is 3.24. The maximum absolute atomic E-state index is 6.82. The lowest BCUT2D eigenvalue weighted by Crippen LogP contribution is -2.42. The molecule has 8 nitrogen and oxygen atoms in total. The van der Waals surface area contributed by atoms with Crippen LogP contribution >= 0.6 is 11.6 Å². The Morgan fingerprint density at radius 2 is 1.94 bits per heavy atom. The molecule has 9 heteroatoms. The third kappa shape index (κ3) is 4.53. The highest BCUT2D eigenvalue weighted by Crippen LogP contribution is 2.39. The minimum absolute atomic E-state index is 0.125. The number of hydrogen-bond acceptors (Lipinski definition) is 7. The Balaban J connectivity index is 1.54. The van der Waals surface area contributed by atoms with Crippen molar-refractivity contribution in [3.63, 3.8) is 0 Å². The second-order valence-electron chi connectivity index (χ2n) is 9.41. The number of hydrogen-bond donors (Lipinski definition) is 0. The van der Waals surface area contributed by atoms with Crippen LogP contribution in [0.3, 0.4) is 0 Å². The first-order valence-electron chi connectivity index (χ1n) is 11.8. The molecule has 0 aliphatic carbocycles. The summed E-state index contributed by atoms with van der Waals surface area (Å²) in [5.74, 6) is 0.682. The zero-order valence-corrected chi connectivity index (χ0v) is 21.6. The molecule has 4 aromatic rings. The molecule has 1 fully saturated rings. The van der Waals surface area contributed by atoms with Gasteiger partial charge in [0.2, 0.25) is 0 Å². The van der Waals surface area contributed by atoms with Gasteiger partial charge in [-0.05, 0) is 52.1 Å². The lowest BCUT2D eigenvalue weighted by Gasteiger charge is -2.36. The summed E-state index contributed by atoms with van der Waals surface area (Å²) in [6.45, 7) is 4.13. The fourth-order valence-corrected chi connectivity index (χ4v) is 5.18. The second-order valence-corrected chi connectivity index (χ2v) is 9.81. The van der Waals surface area contributed by atoms with Gasteiger partial charge in [-0.1, -0.05) is 11.6 Å². The summed E-state index contributed by atoms with van der Waals surface area (Å²) in [5, 5.41) is 7.05. The molecule has 3 aromatic heterocycles. The number of rotatable bonds is 6. The second kappa shape index (κ2) is 9.60. The first-order chi connectivity index (χ1) is 16.9. The van der Waals surface area contributed by atoms with Crippen LogP contribution in [0.15, 0.2) is 30.6 Å². The van der Waals surface area contributed by atoms with Crippen LogP contribution in [0.4, 0.5) is 5.69 Å². The summed E-state index contributed by atoms with van der Waals surface area (Å²) in [7, 11) is 7.81. The van der Waals surface area contributed by atoms with E-state index in [2.05, 4.69) is 35.1 Å². The van der Waals surface area contributed by atoms with Crippen LogP contribution in [-0.2, 0) is 11.8 Å². The predicted molar refractivity (Wildman–Crippen MR) is 140 cm³/mol. The molecule has 4 heterocycles. The number of benzene rings is 1. The van der Waals surface area contributed by atoms with Crippen LogP contribution in [-0.4, -0.2) is 71.8 Å². The Kier molecular flexibility index (Phi) is 6.53. The molecule has 1 aliphatic heterocycles. The van der Waals surface area contributed by atoms with Crippen molar-refractivity contribution in [2.24, 2.45) is 7.05 Å². The normalized spacial score (nSPS) is 15.0. The van der Waals surface area contributed by atoms with Gasteiger partial charge in [0.05, 0.1) is 28.1 Å². The molecule has 0 saturated carbocycles. The van der Waals surface area contributed by atoms with Gasteiger partial charge in [-0.25, -0.2) is 9.97 Å². The molecule has 1 aliphatic rings. The van der Waals surface area contributed by atoms with E-state index in [0.717, 1.165) is 59.0 Å². The van der Waals surface area contributed by atoms with E-state index in [1.54, 1.807) is 11.8 Å². The van der Waals surface area contributed by atoms with Gasteiger partial charge in [0.1, 0.15) is 5.75 Å². The van der Waals surface area contributed by atoms with Gasteiger partial charge in [-0.2, -0.15) is 5.10 Å². The van der Waals surface area contributed by atoms with Crippen LogP contribution in [0, 0.1) is 6.92 Å². The van der Waals surface area contributed by atoms with Crippen LogP contribution in [0.2, 0.25) is 5.02 Å². The van der Waals surface area contributed by atoms with E-state index < -0.39 is 0 Å². The van der Waals surface area contributed by atoms with Crippen LogP contribution in [0.5, 0.6) is 5.75 Å². The van der Waals surface area contributed by atoms with Gasteiger partial charge in [-0.3, -0.25) is 4.68 Å². The van der Waals surface area contributed by atoms with Crippen molar-refractivity contribution in [1.29, 1.82) is 0 Å². The van der Waals surface area contributed by atoms with E-state index in [4.69, 9.17) is 31.0 Å². The molecule has 0 radical (unpaired) electrons. The van der Waals surface area contributed by atoms with E-state index in [9.17, 15) is 0 Å². The standard InChI is InChI=1S/C26H31ClN6O2/c1-16-24-17(14-32(4)30-24)10-21(25(16)35-15-34-5)23-12-22(27)20-11-19(13-28-26(20)29-23)33-8-6-18(7-9-33)31(2)3/h10-14,18H,6-9,15H2,1-5H3. The van der Waals surface area contributed by atoms with Crippen molar-refractivity contribution in [1.82, 2.24) is 24.6 Å². The van der Waals surface area contributed by atoms with Gasteiger partial charge >= 0.3 is 0 Å². The van der Waals surface area contributed by atoms with E-state index in [-0.39, 0.29) is 6.79 Å². The highest BCUT2D eigenvalue weighted by molar-refractivity contribution is 6.35. The van der Waals surface area contributed by atoms with Gasteiger partial charge in [0.15, 0.2) is 12.4 Å². The maximum Gasteiger partial charge on any atom is 0.188 e. The summed E-state index contributed by atoms with van der Waals surface area (Å²) < 4.78 is 13.0. The fraction of sp³-hybridized carbons (Fsp3) is 0.423. The van der Waals surface area contributed by atoms with Gasteiger partial charge < -0.3 is 19.3 Å². The smallest absolute Gasteiger partial charge is 0.188 e. The van der Waals surface area contributed by atoms with Crippen LogP contribution in [0.25, 0.3) is 33.2 Å². The molecule has 1 saturated heterocycles. The Hall–Kier alpha value is -2.94. The lowest BCUT2D eigenvalue weighted by molar-refractivity contribution is 0.0511. The number of halogens is 1. The molecular weight excluding hydrogens is 464 g/mol. The number of aromatic nitrogens is 4. The summed E-state index contributed by atoms with van der Waals surface area (Å²) in [6, 6.07) is 6.66. The van der Waals surface area contributed by atoms with Crippen molar-refractivity contribution in [2.45, 2.75) is 25.8 Å². The van der Waals surface area contributed by atoms with Gasteiger partial charge in [-0.15, -0.1) is 0 Å².